The summed E-state index contributed by atoms with van der Waals surface area (Å²) >= 11 is 0. The van der Waals surface area contributed by atoms with E-state index >= 15 is 0 Å². The highest BCUT2D eigenvalue weighted by Crippen LogP contribution is 2.67. The van der Waals surface area contributed by atoms with E-state index < -0.39 is 47.2 Å². The van der Waals surface area contributed by atoms with Crippen molar-refractivity contribution in [3.63, 3.8) is 0 Å². The minimum atomic E-state index is -2.86. The van der Waals surface area contributed by atoms with E-state index in [9.17, 15) is 23.2 Å². The molecule has 2 amide bonds. The number of imide groups is 1. The minimum absolute atomic E-state index is 0.0791. The number of carbonyl (C=O) groups excluding carboxylic acids is 3. The minimum Gasteiger partial charge on any atom is -0.497 e. The number of rotatable bonds is 6. The van der Waals surface area contributed by atoms with Crippen molar-refractivity contribution in [1.82, 2.24) is 19.7 Å². The second kappa shape index (κ2) is 12.3. The molecule has 2 aliphatic heterocycles. The van der Waals surface area contributed by atoms with Crippen LogP contribution in [0.25, 0.3) is 10.9 Å². The summed E-state index contributed by atoms with van der Waals surface area (Å²) in [6.07, 6.45) is -0.0721. The van der Waals surface area contributed by atoms with Crippen molar-refractivity contribution in [3.05, 3.63) is 53.7 Å². The maximum Gasteiger partial charge on any atom is 0.435 e. The summed E-state index contributed by atoms with van der Waals surface area (Å²) in [6.45, 7) is 9.96. The first-order chi connectivity index (χ1) is 24.8. The molecule has 4 heterocycles. The molecule has 0 unspecified atom stereocenters. The van der Waals surface area contributed by atoms with E-state index in [0.717, 1.165) is 15.1 Å². The monoisotopic (exact) mass is 733 g/mol. The molecule has 1 saturated heterocycles. The van der Waals surface area contributed by atoms with Crippen LogP contribution in [0.5, 0.6) is 11.5 Å². The molecule has 14 nitrogen and oxygen atoms in total. The summed E-state index contributed by atoms with van der Waals surface area (Å²) in [4.78, 5) is 52.5. The van der Waals surface area contributed by atoms with Crippen molar-refractivity contribution in [2.45, 2.75) is 82.8 Å². The van der Waals surface area contributed by atoms with E-state index in [-0.39, 0.29) is 42.2 Å². The lowest BCUT2D eigenvalue weighted by Crippen LogP contribution is -2.41. The molecule has 1 saturated carbocycles. The van der Waals surface area contributed by atoms with Crippen LogP contribution in [0.1, 0.15) is 71.4 Å². The zero-order valence-electron chi connectivity index (χ0n) is 30.7. The van der Waals surface area contributed by atoms with Crippen LogP contribution in [0.2, 0.25) is 0 Å². The summed E-state index contributed by atoms with van der Waals surface area (Å²) in [5.41, 5.74) is -0.609. The molecule has 1 N–H and O–H groups in total. The molecule has 2 aromatic heterocycles. The van der Waals surface area contributed by atoms with Gasteiger partial charge < -0.3 is 29.2 Å². The first-order valence-electron chi connectivity index (χ1n) is 17.2. The Hall–Kier alpha value is -5.54. The molecule has 0 radical (unpaired) electrons. The summed E-state index contributed by atoms with van der Waals surface area (Å²) in [5.74, 6) is -2.45. The summed E-state index contributed by atoms with van der Waals surface area (Å²) in [7, 11) is 2.95. The van der Waals surface area contributed by atoms with Gasteiger partial charge in [-0.05, 0) is 89.4 Å². The van der Waals surface area contributed by atoms with E-state index in [1.807, 2.05) is 6.07 Å². The molecule has 2 atom stereocenters. The van der Waals surface area contributed by atoms with Crippen LogP contribution in [0.3, 0.4) is 0 Å². The van der Waals surface area contributed by atoms with Gasteiger partial charge in [0.1, 0.15) is 17.0 Å². The van der Waals surface area contributed by atoms with Gasteiger partial charge in [0.25, 0.3) is 5.92 Å². The molecule has 280 valence electrons. The average Bonchev–Trinajstić information content (AvgIpc) is 3.47. The Bertz CT molecular complexity index is 2160. The fraction of sp³-hybridized carbons (Fsp3) is 0.459. The highest BCUT2D eigenvalue weighted by molar-refractivity contribution is 6.23. The number of benzene rings is 2. The quantitative estimate of drug-likeness (QED) is 0.219. The SMILES string of the molecule is COc1ccc2c(c1)[C@]1(C[C@H]1c1ccc3c(Nc4nc(N5CCC(F)(F)C5)ncc4OC)nn(C(=O)OC(C)(C)C)c3c1)C(=O)N2C(=O)OC(C)(C)C. The van der Waals surface area contributed by atoms with E-state index in [1.165, 1.54) is 25.3 Å². The van der Waals surface area contributed by atoms with Gasteiger partial charge in [-0.15, -0.1) is 5.10 Å². The normalized spacial score (nSPS) is 20.5. The molecule has 1 spiro atoms. The Morgan fingerprint density at radius 1 is 0.943 bits per heavy atom. The number of carbonyl (C=O) groups is 3. The number of anilines is 4. The molecular weight excluding hydrogens is 692 g/mol. The fourth-order valence-electron chi connectivity index (χ4n) is 6.96. The summed E-state index contributed by atoms with van der Waals surface area (Å²) in [5, 5.41) is 8.19. The first kappa shape index (κ1) is 35.8. The lowest BCUT2D eigenvalue weighted by atomic mass is 9.91. The number of nitrogens with one attached hydrogen (secondary N) is 1. The largest absolute Gasteiger partial charge is 0.497 e. The Balaban J connectivity index is 1.29. The third-order valence-electron chi connectivity index (χ3n) is 9.37. The fourth-order valence-corrected chi connectivity index (χ4v) is 6.96. The number of fused-ring (bicyclic) bond motifs is 3. The number of aromatic nitrogens is 4. The zero-order chi connectivity index (χ0) is 38.2. The van der Waals surface area contributed by atoms with Crippen LogP contribution < -0.4 is 24.6 Å². The van der Waals surface area contributed by atoms with Gasteiger partial charge in [-0.25, -0.2) is 28.3 Å². The van der Waals surface area contributed by atoms with Gasteiger partial charge in [-0.3, -0.25) is 4.79 Å². The van der Waals surface area contributed by atoms with Gasteiger partial charge in [0, 0.05) is 24.3 Å². The number of alkyl halides is 2. The molecular formula is C37H41F2N7O7. The molecule has 4 aromatic rings. The van der Waals surface area contributed by atoms with Crippen LogP contribution in [-0.2, 0) is 19.7 Å². The van der Waals surface area contributed by atoms with Gasteiger partial charge in [-0.2, -0.15) is 9.67 Å². The third kappa shape index (κ3) is 6.44. The van der Waals surface area contributed by atoms with E-state index in [1.54, 1.807) is 71.9 Å². The Morgan fingerprint density at radius 3 is 2.30 bits per heavy atom. The number of hydrogen-bond acceptors (Lipinski definition) is 12. The smallest absolute Gasteiger partial charge is 0.435 e. The molecule has 1 aliphatic carbocycles. The molecule has 3 aliphatic rings. The maximum atomic E-state index is 14.3. The molecule has 0 bridgehead atoms. The van der Waals surface area contributed by atoms with Crippen molar-refractivity contribution in [2.75, 3.05) is 42.4 Å². The van der Waals surface area contributed by atoms with E-state index in [2.05, 4.69) is 20.4 Å². The van der Waals surface area contributed by atoms with Gasteiger partial charge in [0.15, 0.2) is 17.4 Å². The molecule has 16 heteroatoms. The summed E-state index contributed by atoms with van der Waals surface area (Å²) < 4.78 is 51.5. The second-order valence-corrected chi connectivity index (χ2v) is 15.5. The number of amides is 2. The maximum absolute atomic E-state index is 14.3. The average molecular weight is 734 g/mol. The van der Waals surface area contributed by atoms with Gasteiger partial charge in [0.05, 0.1) is 43.6 Å². The van der Waals surface area contributed by atoms with Crippen molar-refractivity contribution in [3.8, 4) is 11.5 Å². The number of nitrogens with zero attached hydrogens (tertiary/aromatic N) is 6. The van der Waals surface area contributed by atoms with Crippen molar-refractivity contribution >= 4 is 52.3 Å². The number of ether oxygens (including phenoxy) is 4. The summed E-state index contributed by atoms with van der Waals surface area (Å²) in [6, 6.07) is 10.5. The van der Waals surface area contributed by atoms with Crippen LogP contribution in [0, 0.1) is 0 Å². The zero-order valence-corrected chi connectivity index (χ0v) is 30.7. The number of methoxy groups -OCH3 is 2. The predicted molar refractivity (Wildman–Crippen MR) is 191 cm³/mol. The van der Waals surface area contributed by atoms with Gasteiger partial charge in [-0.1, -0.05) is 6.07 Å². The highest BCUT2D eigenvalue weighted by atomic mass is 19.3. The topological polar surface area (TPSA) is 150 Å². The van der Waals surface area contributed by atoms with Gasteiger partial charge in [0.2, 0.25) is 11.9 Å². The molecule has 2 fully saturated rings. The van der Waals surface area contributed by atoms with Gasteiger partial charge >= 0.3 is 12.2 Å². The Labute approximate surface area is 304 Å². The predicted octanol–water partition coefficient (Wildman–Crippen LogP) is 6.92. The lowest BCUT2D eigenvalue weighted by molar-refractivity contribution is -0.120. The van der Waals surface area contributed by atoms with Crippen molar-refractivity contribution in [2.24, 2.45) is 0 Å². The highest BCUT2D eigenvalue weighted by Gasteiger charge is 2.68. The molecule has 7 rings (SSSR count). The first-order valence-corrected chi connectivity index (χ1v) is 17.2. The standard InChI is InChI=1S/C37H41F2N7O7/c1-34(2,3)52-32(48)45-25-12-10-21(50-7)16-23(25)37(30(45)47)17-24(37)20-9-11-22-26(15-20)46(33(49)53-35(4,5)6)43-28(22)41-29-27(51-8)18-40-31(42-29)44-14-13-36(38,39)19-44/h9-12,15-16,18,24H,13-14,17,19H2,1-8H3,(H,40,41,42,43)/t24-,37-/m0/s1. The van der Waals surface area contributed by atoms with Crippen molar-refractivity contribution in [1.29, 1.82) is 0 Å². The van der Waals surface area contributed by atoms with Crippen LogP contribution in [0.15, 0.2) is 42.6 Å². The Kier molecular flexibility index (Phi) is 8.30. The number of hydrogen-bond donors (Lipinski definition) is 1. The lowest BCUT2D eigenvalue weighted by Gasteiger charge is -2.24. The van der Waals surface area contributed by atoms with E-state index in [4.69, 9.17) is 18.9 Å². The Morgan fingerprint density at radius 2 is 1.66 bits per heavy atom. The number of halogens is 2. The molecule has 2 aromatic carbocycles. The second-order valence-electron chi connectivity index (χ2n) is 15.5. The third-order valence-corrected chi connectivity index (χ3v) is 9.37. The van der Waals surface area contributed by atoms with Crippen LogP contribution in [0.4, 0.5) is 41.6 Å². The van der Waals surface area contributed by atoms with Crippen LogP contribution in [-0.4, -0.2) is 82.3 Å². The molecule has 53 heavy (non-hydrogen) atoms. The van der Waals surface area contributed by atoms with Crippen molar-refractivity contribution < 1.29 is 42.1 Å². The van der Waals surface area contributed by atoms with E-state index in [0.29, 0.717) is 34.3 Å². The van der Waals surface area contributed by atoms with Crippen LogP contribution >= 0.6 is 0 Å².